The minimum absolute atomic E-state index is 0.216. The molecule has 0 amide bonds. The third kappa shape index (κ3) is 4.20. The molecule has 0 radical (unpaired) electrons. The van der Waals surface area contributed by atoms with Crippen LogP contribution in [0.2, 0.25) is 0 Å². The lowest BCUT2D eigenvalue weighted by molar-refractivity contribution is -0.127. The number of Topliss-reactive ketones (excluding diaryl/α,β-unsaturated/α-hetero) is 1. The maximum absolute atomic E-state index is 11.3. The zero-order valence-electron chi connectivity index (χ0n) is 7.83. The summed E-state index contributed by atoms with van der Waals surface area (Å²) in [4.78, 5) is 11.3. The Morgan fingerprint density at radius 1 is 1.46 bits per heavy atom. The molecule has 0 aliphatic carbocycles. The molecule has 13 heavy (non-hydrogen) atoms. The van der Waals surface area contributed by atoms with Gasteiger partial charge in [0.15, 0.2) is 6.29 Å². The molecule has 1 aliphatic heterocycles. The smallest absolute Gasteiger partial charge is 0.164 e. The molecule has 1 aliphatic rings. The molecule has 0 aromatic carbocycles. The fourth-order valence-electron chi connectivity index (χ4n) is 1.26. The van der Waals surface area contributed by atoms with E-state index < -0.39 is 0 Å². The van der Waals surface area contributed by atoms with Crippen molar-refractivity contribution in [2.24, 2.45) is 0 Å². The largest absolute Gasteiger partial charge is 0.350 e. The number of ketones is 1. The Labute approximate surface area is 78.7 Å². The Balaban J connectivity index is 2.05. The predicted molar refractivity (Wildman–Crippen MR) is 49.4 cm³/mol. The van der Waals surface area contributed by atoms with Crippen LogP contribution in [0.3, 0.4) is 0 Å². The minimum atomic E-state index is -0.281. The van der Waals surface area contributed by atoms with E-state index in [1.165, 1.54) is 0 Å². The molecule has 3 nitrogen and oxygen atoms in total. The van der Waals surface area contributed by atoms with Crippen LogP contribution in [0.15, 0.2) is 12.7 Å². The van der Waals surface area contributed by atoms with Gasteiger partial charge in [-0.2, -0.15) is 0 Å². The summed E-state index contributed by atoms with van der Waals surface area (Å²) < 4.78 is 10.3. The van der Waals surface area contributed by atoms with Crippen LogP contribution in [0.25, 0.3) is 0 Å². The van der Waals surface area contributed by atoms with Gasteiger partial charge in [-0.25, -0.2) is 0 Å². The van der Waals surface area contributed by atoms with E-state index >= 15 is 0 Å². The zero-order valence-corrected chi connectivity index (χ0v) is 7.83. The average molecular weight is 184 g/mol. The van der Waals surface area contributed by atoms with Crippen molar-refractivity contribution in [3.63, 3.8) is 0 Å². The van der Waals surface area contributed by atoms with Crippen LogP contribution in [0.5, 0.6) is 0 Å². The van der Waals surface area contributed by atoms with Crippen molar-refractivity contribution in [1.29, 1.82) is 0 Å². The number of unbranched alkanes of at least 4 members (excludes halogenated alkanes) is 1. The SMILES string of the molecule is C=CCCCC(=O)CC1OCCO1. The highest BCUT2D eigenvalue weighted by Crippen LogP contribution is 2.10. The first-order valence-corrected chi connectivity index (χ1v) is 4.68. The number of carbonyl (C=O) groups excluding carboxylic acids is 1. The molecule has 1 rings (SSSR count). The van der Waals surface area contributed by atoms with Crippen molar-refractivity contribution >= 4 is 5.78 Å². The van der Waals surface area contributed by atoms with Gasteiger partial charge in [-0.05, 0) is 12.8 Å². The maximum Gasteiger partial charge on any atom is 0.164 e. The highest BCUT2D eigenvalue weighted by atomic mass is 16.7. The van der Waals surface area contributed by atoms with E-state index in [9.17, 15) is 4.79 Å². The van der Waals surface area contributed by atoms with Gasteiger partial charge in [0.2, 0.25) is 0 Å². The van der Waals surface area contributed by atoms with E-state index in [1.807, 2.05) is 6.08 Å². The number of allylic oxidation sites excluding steroid dienone is 1. The fraction of sp³-hybridized carbons (Fsp3) is 0.700. The first-order valence-electron chi connectivity index (χ1n) is 4.68. The van der Waals surface area contributed by atoms with Gasteiger partial charge < -0.3 is 9.47 Å². The van der Waals surface area contributed by atoms with Crippen LogP contribution >= 0.6 is 0 Å². The second-order valence-corrected chi connectivity index (χ2v) is 3.09. The van der Waals surface area contributed by atoms with E-state index in [4.69, 9.17) is 9.47 Å². The van der Waals surface area contributed by atoms with Crippen molar-refractivity contribution in [1.82, 2.24) is 0 Å². The van der Waals surface area contributed by atoms with Gasteiger partial charge in [-0.3, -0.25) is 4.79 Å². The predicted octanol–water partition coefficient (Wildman–Crippen LogP) is 1.67. The van der Waals surface area contributed by atoms with Crippen molar-refractivity contribution in [2.45, 2.75) is 32.0 Å². The molecule has 0 bridgehead atoms. The highest BCUT2D eigenvalue weighted by Gasteiger charge is 2.18. The maximum atomic E-state index is 11.3. The van der Waals surface area contributed by atoms with E-state index in [2.05, 4.69) is 6.58 Å². The summed E-state index contributed by atoms with van der Waals surface area (Å²) >= 11 is 0. The van der Waals surface area contributed by atoms with Crippen LogP contribution in [0.1, 0.15) is 25.7 Å². The Kier molecular flexibility index (Phi) is 4.72. The lowest BCUT2D eigenvalue weighted by Gasteiger charge is -2.06. The van der Waals surface area contributed by atoms with Gasteiger partial charge in [-0.15, -0.1) is 6.58 Å². The summed E-state index contributed by atoms with van der Waals surface area (Å²) in [6, 6.07) is 0. The third-order valence-corrected chi connectivity index (χ3v) is 1.95. The minimum Gasteiger partial charge on any atom is -0.350 e. The van der Waals surface area contributed by atoms with Crippen molar-refractivity contribution < 1.29 is 14.3 Å². The molecule has 1 fully saturated rings. The second kappa shape index (κ2) is 5.89. The Morgan fingerprint density at radius 3 is 2.77 bits per heavy atom. The van der Waals surface area contributed by atoms with Crippen molar-refractivity contribution in [3.8, 4) is 0 Å². The summed E-state index contributed by atoms with van der Waals surface area (Å²) in [6.45, 7) is 4.83. The molecule has 0 saturated carbocycles. The molecule has 0 N–H and O–H groups in total. The normalized spacial score (nSPS) is 17.5. The topological polar surface area (TPSA) is 35.5 Å². The molecule has 74 valence electrons. The lowest BCUT2D eigenvalue weighted by Crippen LogP contribution is -2.13. The first-order chi connectivity index (χ1) is 6.33. The summed E-state index contributed by atoms with van der Waals surface area (Å²) in [6.07, 6.45) is 4.34. The van der Waals surface area contributed by atoms with E-state index in [-0.39, 0.29) is 12.1 Å². The third-order valence-electron chi connectivity index (χ3n) is 1.95. The van der Waals surface area contributed by atoms with Gasteiger partial charge in [-0.1, -0.05) is 6.08 Å². The summed E-state index contributed by atoms with van der Waals surface area (Å²) in [5.41, 5.74) is 0. The molecular formula is C10H16O3. The molecule has 1 heterocycles. The van der Waals surface area contributed by atoms with Crippen LogP contribution in [0.4, 0.5) is 0 Å². The van der Waals surface area contributed by atoms with Gasteiger partial charge in [0.25, 0.3) is 0 Å². The summed E-state index contributed by atoms with van der Waals surface area (Å²) in [5, 5.41) is 0. The van der Waals surface area contributed by atoms with Crippen LogP contribution < -0.4 is 0 Å². The molecule has 0 unspecified atom stereocenters. The molecular weight excluding hydrogens is 168 g/mol. The standard InChI is InChI=1S/C10H16O3/c1-2-3-4-5-9(11)8-10-12-6-7-13-10/h2,10H,1,3-8H2. The fourth-order valence-corrected chi connectivity index (χ4v) is 1.26. The Hall–Kier alpha value is -0.670. The Bertz CT molecular complexity index is 171. The molecule has 3 heteroatoms. The van der Waals surface area contributed by atoms with E-state index in [1.54, 1.807) is 0 Å². The highest BCUT2D eigenvalue weighted by molar-refractivity contribution is 5.78. The number of hydrogen-bond acceptors (Lipinski definition) is 3. The zero-order chi connectivity index (χ0) is 9.52. The summed E-state index contributed by atoms with van der Waals surface area (Å²) in [7, 11) is 0. The van der Waals surface area contributed by atoms with Gasteiger partial charge in [0.1, 0.15) is 5.78 Å². The lowest BCUT2D eigenvalue weighted by atomic mass is 10.1. The van der Waals surface area contributed by atoms with Gasteiger partial charge >= 0.3 is 0 Å². The van der Waals surface area contributed by atoms with E-state index in [0.717, 1.165) is 12.8 Å². The van der Waals surface area contributed by atoms with E-state index in [0.29, 0.717) is 26.1 Å². The van der Waals surface area contributed by atoms with Crippen LogP contribution in [-0.4, -0.2) is 25.3 Å². The number of rotatable bonds is 6. The van der Waals surface area contributed by atoms with Crippen molar-refractivity contribution in [2.75, 3.05) is 13.2 Å². The number of hydrogen-bond donors (Lipinski definition) is 0. The van der Waals surface area contributed by atoms with Gasteiger partial charge in [0, 0.05) is 6.42 Å². The molecule has 0 aromatic heterocycles. The summed E-state index contributed by atoms with van der Waals surface area (Å²) in [5.74, 6) is 0.216. The van der Waals surface area contributed by atoms with Crippen LogP contribution in [-0.2, 0) is 14.3 Å². The number of ether oxygens (including phenoxy) is 2. The quantitative estimate of drug-likeness (QED) is 0.465. The molecule has 0 spiro atoms. The van der Waals surface area contributed by atoms with Gasteiger partial charge in [0.05, 0.1) is 19.6 Å². The molecule has 0 atom stereocenters. The number of carbonyl (C=O) groups is 1. The molecule has 1 saturated heterocycles. The molecule has 0 aromatic rings. The monoisotopic (exact) mass is 184 g/mol. The Morgan fingerprint density at radius 2 is 2.15 bits per heavy atom. The second-order valence-electron chi connectivity index (χ2n) is 3.09. The first kappa shape index (κ1) is 10.4. The van der Waals surface area contributed by atoms with Crippen molar-refractivity contribution in [3.05, 3.63) is 12.7 Å². The van der Waals surface area contributed by atoms with Crippen LogP contribution in [0, 0.1) is 0 Å². The average Bonchev–Trinajstić information content (AvgIpc) is 2.57.